The number of para-hydroxylation sites is 1. The highest BCUT2D eigenvalue weighted by molar-refractivity contribution is 8.18. The molecular weight excluding hydrogens is 374 g/mol. The fourth-order valence-corrected chi connectivity index (χ4v) is 3.79. The van der Waals surface area contributed by atoms with Crippen LogP contribution >= 0.6 is 24.2 Å². The topological polar surface area (TPSA) is 84.7 Å². The number of hydrogen-bond donors (Lipinski definition) is 2. The Morgan fingerprint density at radius 1 is 1.38 bits per heavy atom. The lowest BCUT2D eigenvalue weighted by atomic mass is 10.0. The molecule has 8 heteroatoms. The molecule has 0 spiro atoms. The predicted octanol–water partition coefficient (Wildman–Crippen LogP) is 3.15. The van der Waals surface area contributed by atoms with Gasteiger partial charge in [-0.3, -0.25) is 14.9 Å². The van der Waals surface area contributed by atoms with Crippen LogP contribution in [0.3, 0.4) is 0 Å². The first-order valence-corrected chi connectivity index (χ1v) is 9.30. The summed E-state index contributed by atoms with van der Waals surface area (Å²) < 4.78 is 6.00. The zero-order valence-electron chi connectivity index (χ0n) is 14.9. The molecule has 6 nitrogen and oxygen atoms in total. The molecule has 2 saturated heterocycles. The van der Waals surface area contributed by atoms with E-state index < -0.39 is 0 Å². The van der Waals surface area contributed by atoms with Gasteiger partial charge in [0, 0.05) is 24.7 Å². The maximum Gasteiger partial charge on any atom is 0.290 e. The maximum absolute atomic E-state index is 11.9. The minimum absolute atomic E-state index is 0. The average molecular weight is 398 g/mol. The Kier molecular flexibility index (Phi) is 6.97. The normalized spacial score (nSPS) is 21.8. The Bertz CT molecular complexity index is 724. The van der Waals surface area contributed by atoms with Gasteiger partial charge in [-0.05, 0) is 50.6 Å². The Morgan fingerprint density at radius 2 is 2.15 bits per heavy atom. The number of carbonyl (C=O) groups is 2. The van der Waals surface area contributed by atoms with Crippen molar-refractivity contribution >= 4 is 47.1 Å². The van der Waals surface area contributed by atoms with Crippen LogP contribution in [-0.2, 0) is 4.79 Å². The van der Waals surface area contributed by atoms with Gasteiger partial charge < -0.3 is 15.4 Å². The quantitative estimate of drug-likeness (QED) is 0.759. The second-order valence-electron chi connectivity index (χ2n) is 6.56. The van der Waals surface area contributed by atoms with Crippen molar-refractivity contribution in [1.82, 2.24) is 5.32 Å². The van der Waals surface area contributed by atoms with Crippen molar-refractivity contribution in [3.8, 4) is 5.75 Å². The maximum atomic E-state index is 11.9. The number of imide groups is 1. The number of nitrogens with two attached hydrogens (primary N) is 1. The fraction of sp³-hybridized carbons (Fsp3) is 0.444. The molecule has 0 saturated carbocycles. The van der Waals surface area contributed by atoms with Crippen LogP contribution in [0, 0.1) is 0 Å². The van der Waals surface area contributed by atoms with Gasteiger partial charge in [0.1, 0.15) is 5.75 Å². The smallest absolute Gasteiger partial charge is 0.290 e. The van der Waals surface area contributed by atoms with E-state index >= 15 is 0 Å². The van der Waals surface area contributed by atoms with Crippen LogP contribution in [0.25, 0.3) is 6.08 Å². The van der Waals surface area contributed by atoms with Gasteiger partial charge in [0.25, 0.3) is 11.1 Å². The summed E-state index contributed by atoms with van der Waals surface area (Å²) in [5.74, 6) is 0.416. The first-order valence-electron chi connectivity index (χ1n) is 8.49. The third kappa shape index (κ3) is 4.72. The Morgan fingerprint density at radius 3 is 2.77 bits per heavy atom. The highest BCUT2D eigenvalue weighted by Crippen LogP contribution is 2.37. The molecule has 0 radical (unpaired) electrons. The summed E-state index contributed by atoms with van der Waals surface area (Å²) in [4.78, 5) is 26.0. The minimum Gasteiger partial charge on any atom is -0.489 e. The second kappa shape index (κ2) is 8.79. The standard InChI is InChI=1S/C18H23N3O3S.ClH/c1-11(2)24-14-7-3-5-12(9-15-17(22)20-18(23)25-15)16(14)21-8-4-6-13(19)10-21;/h3,5,7,9,11,13H,4,6,8,10,19H2,1-2H3,(H,20,22,23);1H/t13-;/m1./s1. The molecule has 1 aromatic rings. The first-order chi connectivity index (χ1) is 11.9. The van der Waals surface area contributed by atoms with E-state index in [-0.39, 0.29) is 35.7 Å². The molecule has 2 aliphatic rings. The van der Waals surface area contributed by atoms with E-state index in [0.29, 0.717) is 4.91 Å². The molecule has 0 bridgehead atoms. The summed E-state index contributed by atoms with van der Waals surface area (Å²) in [6.45, 7) is 5.60. The van der Waals surface area contributed by atoms with Crippen LogP contribution in [0.4, 0.5) is 10.5 Å². The first kappa shape index (κ1) is 20.6. The molecule has 2 heterocycles. The third-order valence-corrected chi connectivity index (χ3v) is 4.91. The van der Waals surface area contributed by atoms with Gasteiger partial charge in [0.2, 0.25) is 0 Å². The van der Waals surface area contributed by atoms with Crippen molar-refractivity contribution in [2.24, 2.45) is 5.73 Å². The van der Waals surface area contributed by atoms with Crippen molar-refractivity contribution < 1.29 is 14.3 Å². The molecule has 2 amide bonds. The van der Waals surface area contributed by atoms with Crippen molar-refractivity contribution in [2.75, 3.05) is 18.0 Å². The monoisotopic (exact) mass is 397 g/mol. The number of carbonyl (C=O) groups excluding carboxylic acids is 2. The number of benzene rings is 1. The molecule has 0 aliphatic carbocycles. The van der Waals surface area contributed by atoms with Crippen LogP contribution in [0.1, 0.15) is 32.3 Å². The fourth-order valence-electron chi connectivity index (χ4n) is 3.12. The number of nitrogens with zero attached hydrogens (tertiary/aromatic N) is 1. The second-order valence-corrected chi connectivity index (χ2v) is 7.58. The lowest BCUT2D eigenvalue weighted by Crippen LogP contribution is -2.43. The Balaban J connectivity index is 0.00000243. The third-order valence-electron chi connectivity index (χ3n) is 4.10. The molecule has 0 unspecified atom stereocenters. The number of rotatable bonds is 4. The molecular formula is C18H24ClN3O3S. The number of amides is 2. The SMILES string of the molecule is CC(C)Oc1cccc(C=C2SC(=O)NC2=O)c1N1CCC[C@@H](N)C1.Cl. The molecule has 2 fully saturated rings. The molecule has 2 aliphatic heterocycles. The van der Waals surface area contributed by atoms with E-state index in [2.05, 4.69) is 10.2 Å². The summed E-state index contributed by atoms with van der Waals surface area (Å²) >= 11 is 0.922. The van der Waals surface area contributed by atoms with Gasteiger partial charge in [-0.2, -0.15) is 0 Å². The summed E-state index contributed by atoms with van der Waals surface area (Å²) in [5, 5.41) is 1.95. The van der Waals surface area contributed by atoms with Crippen molar-refractivity contribution in [1.29, 1.82) is 0 Å². The van der Waals surface area contributed by atoms with Gasteiger partial charge in [0.05, 0.1) is 16.7 Å². The number of ether oxygens (including phenoxy) is 1. The summed E-state index contributed by atoms with van der Waals surface area (Å²) in [7, 11) is 0. The van der Waals surface area contributed by atoms with E-state index in [0.717, 1.165) is 54.7 Å². The van der Waals surface area contributed by atoms with Crippen molar-refractivity contribution in [3.63, 3.8) is 0 Å². The van der Waals surface area contributed by atoms with Crippen LogP contribution < -0.4 is 20.7 Å². The zero-order valence-corrected chi connectivity index (χ0v) is 16.5. The number of anilines is 1. The summed E-state index contributed by atoms with van der Waals surface area (Å²) in [5.41, 5.74) is 7.95. The van der Waals surface area contributed by atoms with E-state index in [1.807, 2.05) is 32.0 Å². The number of halogens is 1. The number of nitrogens with one attached hydrogen (secondary N) is 1. The molecule has 3 rings (SSSR count). The minimum atomic E-state index is -0.355. The van der Waals surface area contributed by atoms with E-state index in [1.165, 1.54) is 0 Å². The van der Waals surface area contributed by atoms with Crippen molar-refractivity contribution in [2.45, 2.75) is 38.8 Å². The van der Waals surface area contributed by atoms with E-state index in [1.54, 1.807) is 6.08 Å². The summed E-state index contributed by atoms with van der Waals surface area (Å²) in [6, 6.07) is 5.89. The number of piperidine rings is 1. The van der Waals surface area contributed by atoms with Crippen molar-refractivity contribution in [3.05, 3.63) is 28.7 Å². The zero-order chi connectivity index (χ0) is 18.0. The van der Waals surface area contributed by atoms with Gasteiger partial charge in [-0.15, -0.1) is 12.4 Å². The lowest BCUT2D eigenvalue weighted by Gasteiger charge is -2.35. The molecule has 26 heavy (non-hydrogen) atoms. The molecule has 1 atom stereocenters. The van der Waals surface area contributed by atoms with Crippen LogP contribution in [-0.4, -0.2) is 36.4 Å². The van der Waals surface area contributed by atoms with Crippen LogP contribution in [0.5, 0.6) is 5.75 Å². The largest absolute Gasteiger partial charge is 0.489 e. The average Bonchev–Trinajstić information content (AvgIpc) is 2.84. The predicted molar refractivity (Wildman–Crippen MR) is 108 cm³/mol. The van der Waals surface area contributed by atoms with Gasteiger partial charge >= 0.3 is 0 Å². The van der Waals surface area contributed by atoms with Crippen LogP contribution in [0.2, 0.25) is 0 Å². The summed E-state index contributed by atoms with van der Waals surface area (Å²) in [6.07, 6.45) is 3.81. The van der Waals surface area contributed by atoms with Crippen LogP contribution in [0.15, 0.2) is 23.1 Å². The van der Waals surface area contributed by atoms with Gasteiger partial charge in [-0.25, -0.2) is 0 Å². The van der Waals surface area contributed by atoms with Gasteiger partial charge in [-0.1, -0.05) is 12.1 Å². The van der Waals surface area contributed by atoms with E-state index in [4.69, 9.17) is 10.5 Å². The lowest BCUT2D eigenvalue weighted by molar-refractivity contribution is -0.115. The molecule has 1 aromatic carbocycles. The number of thioether (sulfide) groups is 1. The Labute approximate surface area is 163 Å². The Hall–Kier alpha value is -1.70. The van der Waals surface area contributed by atoms with E-state index in [9.17, 15) is 9.59 Å². The van der Waals surface area contributed by atoms with Gasteiger partial charge in [0.15, 0.2) is 0 Å². The highest BCUT2D eigenvalue weighted by Gasteiger charge is 2.27. The molecule has 142 valence electrons. The number of hydrogen-bond acceptors (Lipinski definition) is 6. The highest BCUT2D eigenvalue weighted by atomic mass is 35.5. The molecule has 3 N–H and O–H groups in total. The molecule has 0 aromatic heterocycles.